The molecule has 3 N–H and O–H groups in total. The van der Waals surface area contributed by atoms with E-state index < -0.39 is 0 Å². The van der Waals surface area contributed by atoms with Gasteiger partial charge in [-0.1, -0.05) is 12.1 Å². The van der Waals surface area contributed by atoms with Gasteiger partial charge in [0.2, 0.25) is 5.91 Å². The van der Waals surface area contributed by atoms with Gasteiger partial charge in [0.25, 0.3) is 0 Å². The lowest BCUT2D eigenvalue weighted by atomic mass is 9.89. The summed E-state index contributed by atoms with van der Waals surface area (Å²) in [4.78, 5) is 23.8. The lowest BCUT2D eigenvalue weighted by Gasteiger charge is -2.16. The van der Waals surface area contributed by atoms with Crippen molar-refractivity contribution in [2.45, 2.75) is 51.5 Å². The van der Waals surface area contributed by atoms with Crippen molar-refractivity contribution >= 4 is 24.1 Å². The second kappa shape index (κ2) is 8.91. The molecule has 0 saturated heterocycles. The van der Waals surface area contributed by atoms with Crippen LogP contribution in [0, 0.1) is 0 Å². The molecule has 2 rings (SSSR count). The zero-order chi connectivity index (χ0) is 15.2. The van der Waals surface area contributed by atoms with Crippen molar-refractivity contribution in [3.63, 3.8) is 0 Å². The van der Waals surface area contributed by atoms with Gasteiger partial charge in [-0.3, -0.25) is 9.59 Å². The van der Waals surface area contributed by atoms with Crippen LogP contribution in [0.15, 0.2) is 18.2 Å². The van der Waals surface area contributed by atoms with Crippen LogP contribution in [0.3, 0.4) is 0 Å². The third-order valence-electron chi connectivity index (χ3n) is 4.01. The maximum atomic E-state index is 12.2. The Balaban J connectivity index is 0.00000242. The molecule has 1 atom stereocenters. The van der Waals surface area contributed by atoms with Crippen molar-refractivity contribution in [1.82, 2.24) is 5.32 Å². The molecule has 22 heavy (non-hydrogen) atoms. The fraction of sp³-hybridized carbons (Fsp3) is 0.529. The number of hydrogen-bond donors (Lipinski definition) is 2. The van der Waals surface area contributed by atoms with Crippen molar-refractivity contribution in [2.75, 3.05) is 6.54 Å². The zero-order valence-corrected chi connectivity index (χ0v) is 13.9. The number of amides is 1. The van der Waals surface area contributed by atoms with Crippen LogP contribution in [-0.2, 0) is 17.6 Å². The minimum Gasteiger partial charge on any atom is -0.352 e. The molecule has 1 aliphatic rings. The summed E-state index contributed by atoms with van der Waals surface area (Å²) in [6, 6.07) is 5.93. The van der Waals surface area contributed by atoms with Crippen molar-refractivity contribution in [1.29, 1.82) is 0 Å². The summed E-state index contributed by atoms with van der Waals surface area (Å²) in [7, 11) is 0. The summed E-state index contributed by atoms with van der Waals surface area (Å²) < 4.78 is 0. The number of carbonyl (C=O) groups is 2. The van der Waals surface area contributed by atoms with Crippen molar-refractivity contribution in [3.05, 3.63) is 34.9 Å². The van der Waals surface area contributed by atoms with Gasteiger partial charge in [-0.2, -0.15) is 0 Å². The highest BCUT2D eigenvalue weighted by molar-refractivity contribution is 5.98. The van der Waals surface area contributed by atoms with E-state index in [2.05, 4.69) is 11.4 Å². The number of aryl methyl sites for hydroxylation is 2. The van der Waals surface area contributed by atoms with Crippen LogP contribution < -0.4 is 11.1 Å². The Bertz CT molecular complexity index is 531. The molecule has 0 fully saturated rings. The van der Waals surface area contributed by atoms with Gasteiger partial charge in [-0.05, 0) is 49.8 Å². The number of rotatable bonds is 6. The maximum Gasteiger partial charge on any atom is 0.220 e. The summed E-state index contributed by atoms with van der Waals surface area (Å²) in [5, 5.41) is 2.77. The predicted molar refractivity (Wildman–Crippen MR) is 90.6 cm³/mol. The van der Waals surface area contributed by atoms with E-state index in [1.807, 2.05) is 19.1 Å². The lowest BCUT2D eigenvalue weighted by Crippen LogP contribution is -2.37. The quantitative estimate of drug-likeness (QED) is 0.789. The topological polar surface area (TPSA) is 72.2 Å². The van der Waals surface area contributed by atoms with E-state index in [0.717, 1.165) is 18.4 Å². The number of nitrogens with two attached hydrogens (primary N) is 1. The third-order valence-corrected chi connectivity index (χ3v) is 4.01. The van der Waals surface area contributed by atoms with Gasteiger partial charge in [-0.15, -0.1) is 12.4 Å². The molecule has 0 aliphatic heterocycles. The number of fused-ring (bicyclic) bond motifs is 1. The highest BCUT2D eigenvalue weighted by Crippen LogP contribution is 2.22. The molecule has 1 aromatic rings. The average molecular weight is 325 g/mol. The predicted octanol–water partition coefficient (Wildman–Crippen LogP) is 2.41. The fourth-order valence-corrected chi connectivity index (χ4v) is 2.68. The Kier molecular flexibility index (Phi) is 7.56. The van der Waals surface area contributed by atoms with E-state index in [9.17, 15) is 9.59 Å². The molecule has 0 radical (unpaired) electrons. The normalized spacial score (nSPS) is 14.5. The molecule has 0 unspecified atom stereocenters. The van der Waals surface area contributed by atoms with Crippen LogP contribution in [-0.4, -0.2) is 24.3 Å². The first-order chi connectivity index (χ1) is 10.1. The third kappa shape index (κ3) is 5.11. The minimum absolute atomic E-state index is 0. The van der Waals surface area contributed by atoms with E-state index in [1.54, 1.807) is 0 Å². The number of carbonyl (C=O) groups excluding carboxylic acids is 2. The van der Waals surface area contributed by atoms with Crippen molar-refractivity contribution in [3.8, 4) is 0 Å². The van der Waals surface area contributed by atoms with Crippen LogP contribution in [0.4, 0.5) is 0 Å². The average Bonchev–Trinajstić information content (AvgIpc) is 2.51. The molecule has 0 aromatic heterocycles. The number of Topliss-reactive ketones (excluding diaryl/α,β-unsaturated/α-hetero) is 1. The molecular weight excluding hydrogens is 300 g/mol. The van der Waals surface area contributed by atoms with E-state index >= 15 is 0 Å². The largest absolute Gasteiger partial charge is 0.352 e. The first-order valence-corrected chi connectivity index (χ1v) is 7.74. The highest BCUT2D eigenvalue weighted by Gasteiger charge is 2.14. The molecule has 5 heteroatoms. The Labute approximate surface area is 138 Å². The molecule has 1 amide bonds. The van der Waals surface area contributed by atoms with E-state index in [1.165, 1.54) is 24.0 Å². The Morgan fingerprint density at radius 2 is 1.86 bits per heavy atom. The van der Waals surface area contributed by atoms with Gasteiger partial charge in [0.1, 0.15) is 0 Å². The first-order valence-electron chi connectivity index (χ1n) is 7.74. The summed E-state index contributed by atoms with van der Waals surface area (Å²) in [6.07, 6.45) is 5.08. The molecule has 0 bridgehead atoms. The maximum absolute atomic E-state index is 12.2. The highest BCUT2D eigenvalue weighted by atomic mass is 35.5. The van der Waals surface area contributed by atoms with Gasteiger partial charge in [0.15, 0.2) is 5.78 Å². The molecule has 1 aliphatic carbocycles. The molecular formula is C17H25ClN2O2. The number of hydrogen-bond acceptors (Lipinski definition) is 3. The van der Waals surface area contributed by atoms with Crippen LogP contribution in [0.2, 0.25) is 0 Å². The van der Waals surface area contributed by atoms with E-state index in [4.69, 9.17) is 5.73 Å². The van der Waals surface area contributed by atoms with Crippen LogP contribution >= 0.6 is 12.4 Å². The smallest absolute Gasteiger partial charge is 0.220 e. The van der Waals surface area contributed by atoms with Gasteiger partial charge in [-0.25, -0.2) is 0 Å². The SMILES string of the molecule is C[C@@H](CN)NC(=O)CCC(=O)c1ccc2c(c1)CCCC2.Cl. The summed E-state index contributed by atoms with van der Waals surface area (Å²) >= 11 is 0. The second-order valence-electron chi connectivity index (χ2n) is 5.82. The molecule has 1 aromatic carbocycles. The van der Waals surface area contributed by atoms with Gasteiger partial charge in [0.05, 0.1) is 0 Å². The van der Waals surface area contributed by atoms with Gasteiger partial charge in [0, 0.05) is 31.0 Å². The van der Waals surface area contributed by atoms with Gasteiger partial charge >= 0.3 is 0 Å². The van der Waals surface area contributed by atoms with Crippen LogP contribution in [0.1, 0.15) is 54.1 Å². The standard InChI is InChI=1S/C17H24N2O2.ClH/c1-12(11-18)19-17(21)9-8-16(20)15-7-6-13-4-2-3-5-14(13)10-15;/h6-7,10,12H,2-5,8-9,11,18H2,1H3,(H,19,21);1H/t12-;/m0./s1. The van der Waals surface area contributed by atoms with Crippen molar-refractivity contribution in [2.24, 2.45) is 5.73 Å². The van der Waals surface area contributed by atoms with Crippen molar-refractivity contribution < 1.29 is 9.59 Å². The number of ketones is 1. The zero-order valence-electron chi connectivity index (χ0n) is 13.1. The minimum atomic E-state index is -0.112. The molecule has 0 heterocycles. The number of halogens is 1. The second-order valence-corrected chi connectivity index (χ2v) is 5.82. The summed E-state index contributed by atoms with van der Waals surface area (Å²) in [5.41, 5.74) is 8.85. The summed E-state index contributed by atoms with van der Waals surface area (Å²) in [5.74, 6) is -0.0711. The van der Waals surface area contributed by atoms with E-state index in [0.29, 0.717) is 6.54 Å². The monoisotopic (exact) mass is 324 g/mol. The molecule has 122 valence electrons. The Hall–Kier alpha value is -1.39. The molecule has 0 spiro atoms. The summed E-state index contributed by atoms with van der Waals surface area (Å²) in [6.45, 7) is 2.26. The van der Waals surface area contributed by atoms with E-state index in [-0.39, 0.29) is 43.0 Å². The number of nitrogens with one attached hydrogen (secondary N) is 1. The van der Waals surface area contributed by atoms with Gasteiger partial charge < -0.3 is 11.1 Å². The lowest BCUT2D eigenvalue weighted by molar-refractivity contribution is -0.121. The molecule has 0 saturated carbocycles. The Morgan fingerprint density at radius 1 is 1.18 bits per heavy atom. The first kappa shape index (κ1) is 18.7. The Morgan fingerprint density at radius 3 is 2.55 bits per heavy atom. The van der Waals surface area contributed by atoms with Crippen LogP contribution in [0.25, 0.3) is 0 Å². The molecule has 4 nitrogen and oxygen atoms in total. The number of benzene rings is 1. The fourth-order valence-electron chi connectivity index (χ4n) is 2.68. The van der Waals surface area contributed by atoms with Crippen LogP contribution in [0.5, 0.6) is 0 Å².